The van der Waals surface area contributed by atoms with E-state index >= 15 is 0 Å². The molecule has 0 spiro atoms. The SMILES string of the molecule is COc1ccc2c(cc(C)n2C(=O)O)c1CO. The van der Waals surface area contributed by atoms with Gasteiger partial charge in [0.15, 0.2) is 0 Å². The smallest absolute Gasteiger partial charge is 0.416 e. The number of rotatable bonds is 2. The second-order valence-corrected chi connectivity index (χ2v) is 3.74. The van der Waals surface area contributed by atoms with Gasteiger partial charge in [0.1, 0.15) is 5.75 Å². The van der Waals surface area contributed by atoms with Crippen molar-refractivity contribution in [3.05, 3.63) is 29.5 Å². The Morgan fingerprint density at radius 1 is 1.47 bits per heavy atom. The van der Waals surface area contributed by atoms with E-state index in [9.17, 15) is 9.90 Å². The van der Waals surface area contributed by atoms with Crippen LogP contribution in [-0.2, 0) is 6.61 Å². The lowest BCUT2D eigenvalue weighted by molar-refractivity contribution is 0.197. The highest BCUT2D eigenvalue weighted by molar-refractivity contribution is 5.93. The highest BCUT2D eigenvalue weighted by atomic mass is 16.5. The molecule has 0 atom stereocenters. The van der Waals surface area contributed by atoms with Gasteiger partial charge in [-0.25, -0.2) is 4.79 Å². The molecule has 2 N–H and O–H groups in total. The molecule has 2 aromatic rings. The van der Waals surface area contributed by atoms with Crippen LogP contribution in [0.1, 0.15) is 11.3 Å². The normalized spacial score (nSPS) is 10.8. The Morgan fingerprint density at radius 3 is 2.71 bits per heavy atom. The Morgan fingerprint density at radius 2 is 2.18 bits per heavy atom. The second kappa shape index (κ2) is 4.10. The number of aryl methyl sites for hydroxylation is 1. The van der Waals surface area contributed by atoms with Gasteiger partial charge >= 0.3 is 6.09 Å². The lowest BCUT2D eigenvalue weighted by atomic mass is 10.1. The van der Waals surface area contributed by atoms with E-state index in [0.29, 0.717) is 27.9 Å². The van der Waals surface area contributed by atoms with E-state index in [0.717, 1.165) is 0 Å². The summed E-state index contributed by atoms with van der Waals surface area (Å²) in [4.78, 5) is 11.1. The largest absolute Gasteiger partial charge is 0.496 e. The molecule has 5 nitrogen and oxygen atoms in total. The molecular formula is C12H13NO4. The Kier molecular flexibility index (Phi) is 2.77. The molecule has 1 heterocycles. The number of benzene rings is 1. The summed E-state index contributed by atoms with van der Waals surface area (Å²) in [5.74, 6) is 0.558. The van der Waals surface area contributed by atoms with Crippen molar-refractivity contribution in [1.82, 2.24) is 4.57 Å². The first-order valence-corrected chi connectivity index (χ1v) is 5.12. The van der Waals surface area contributed by atoms with Gasteiger partial charge < -0.3 is 14.9 Å². The molecule has 0 bridgehead atoms. The van der Waals surface area contributed by atoms with E-state index in [2.05, 4.69) is 0 Å². The molecule has 0 amide bonds. The van der Waals surface area contributed by atoms with Crippen LogP contribution in [0.5, 0.6) is 5.75 Å². The number of hydrogen-bond donors (Lipinski definition) is 2. The molecular weight excluding hydrogens is 222 g/mol. The number of fused-ring (bicyclic) bond motifs is 1. The highest BCUT2D eigenvalue weighted by Crippen LogP contribution is 2.30. The van der Waals surface area contributed by atoms with Gasteiger partial charge in [-0.15, -0.1) is 0 Å². The number of nitrogens with zero attached hydrogens (tertiary/aromatic N) is 1. The number of aromatic nitrogens is 1. The molecule has 0 saturated carbocycles. The molecule has 1 aromatic carbocycles. The van der Waals surface area contributed by atoms with Gasteiger partial charge in [-0.05, 0) is 25.1 Å². The third-order valence-electron chi connectivity index (χ3n) is 2.81. The zero-order valence-corrected chi connectivity index (χ0v) is 9.60. The van der Waals surface area contributed by atoms with Crippen LogP contribution in [0.25, 0.3) is 10.9 Å². The van der Waals surface area contributed by atoms with Crippen molar-refractivity contribution >= 4 is 17.0 Å². The number of methoxy groups -OCH3 is 1. The lowest BCUT2D eigenvalue weighted by Crippen LogP contribution is -2.09. The van der Waals surface area contributed by atoms with Crippen LogP contribution in [0.2, 0.25) is 0 Å². The maximum Gasteiger partial charge on any atom is 0.416 e. The summed E-state index contributed by atoms with van der Waals surface area (Å²) in [6.45, 7) is 1.52. The molecule has 0 aliphatic carbocycles. The van der Waals surface area contributed by atoms with Gasteiger partial charge in [0.05, 0.1) is 19.2 Å². The summed E-state index contributed by atoms with van der Waals surface area (Å²) < 4.78 is 6.33. The van der Waals surface area contributed by atoms with Crippen LogP contribution in [0.3, 0.4) is 0 Å². The Labute approximate surface area is 97.9 Å². The Bertz CT molecular complexity index is 586. The lowest BCUT2D eigenvalue weighted by Gasteiger charge is -2.08. The summed E-state index contributed by atoms with van der Waals surface area (Å²) in [6, 6.07) is 5.07. The fourth-order valence-electron chi connectivity index (χ4n) is 2.06. The molecule has 90 valence electrons. The van der Waals surface area contributed by atoms with E-state index in [-0.39, 0.29) is 6.61 Å². The topological polar surface area (TPSA) is 71.7 Å². The molecule has 0 fully saturated rings. The Balaban J connectivity index is 2.84. The number of hydrogen-bond acceptors (Lipinski definition) is 3. The number of carbonyl (C=O) groups is 1. The van der Waals surface area contributed by atoms with Gasteiger partial charge in [0.25, 0.3) is 0 Å². The first-order valence-electron chi connectivity index (χ1n) is 5.12. The van der Waals surface area contributed by atoms with Crippen molar-refractivity contribution in [3.63, 3.8) is 0 Å². The van der Waals surface area contributed by atoms with Crippen LogP contribution in [0.15, 0.2) is 18.2 Å². The van der Waals surface area contributed by atoms with Crippen LogP contribution in [0.4, 0.5) is 4.79 Å². The fraction of sp³-hybridized carbons (Fsp3) is 0.250. The van der Waals surface area contributed by atoms with Gasteiger partial charge in [-0.1, -0.05) is 0 Å². The molecule has 0 saturated heterocycles. The predicted octanol–water partition coefficient (Wildman–Crippen LogP) is 1.98. The van der Waals surface area contributed by atoms with E-state index < -0.39 is 6.09 Å². The summed E-state index contributed by atoms with van der Waals surface area (Å²) >= 11 is 0. The van der Waals surface area contributed by atoms with Crippen LogP contribution in [-0.4, -0.2) is 28.0 Å². The molecule has 0 aliphatic rings. The highest BCUT2D eigenvalue weighted by Gasteiger charge is 2.16. The maximum atomic E-state index is 11.1. The van der Waals surface area contributed by atoms with E-state index in [1.54, 1.807) is 25.1 Å². The van der Waals surface area contributed by atoms with Crippen molar-refractivity contribution in [2.75, 3.05) is 7.11 Å². The number of aliphatic hydroxyl groups is 1. The molecule has 0 unspecified atom stereocenters. The number of ether oxygens (including phenoxy) is 1. The van der Waals surface area contributed by atoms with Gasteiger partial charge in [-0.2, -0.15) is 0 Å². The first-order chi connectivity index (χ1) is 8.10. The minimum absolute atomic E-state index is 0.191. The third-order valence-corrected chi connectivity index (χ3v) is 2.81. The summed E-state index contributed by atoms with van der Waals surface area (Å²) in [6.07, 6.45) is -1.04. The summed E-state index contributed by atoms with van der Waals surface area (Å²) in [5.41, 5.74) is 1.77. The van der Waals surface area contributed by atoms with Gasteiger partial charge in [0.2, 0.25) is 0 Å². The van der Waals surface area contributed by atoms with Crippen molar-refractivity contribution in [2.24, 2.45) is 0 Å². The zero-order valence-electron chi connectivity index (χ0n) is 9.60. The van der Waals surface area contributed by atoms with Crippen LogP contribution < -0.4 is 4.74 Å². The van der Waals surface area contributed by atoms with Gasteiger partial charge in [0, 0.05) is 16.6 Å². The van der Waals surface area contributed by atoms with E-state index in [4.69, 9.17) is 9.84 Å². The van der Waals surface area contributed by atoms with Crippen molar-refractivity contribution in [1.29, 1.82) is 0 Å². The van der Waals surface area contributed by atoms with Crippen molar-refractivity contribution < 1.29 is 19.7 Å². The van der Waals surface area contributed by atoms with E-state index in [1.807, 2.05) is 0 Å². The molecule has 17 heavy (non-hydrogen) atoms. The Hall–Kier alpha value is -2.01. The average Bonchev–Trinajstić information content (AvgIpc) is 2.63. The van der Waals surface area contributed by atoms with Crippen molar-refractivity contribution in [2.45, 2.75) is 13.5 Å². The molecule has 1 aromatic heterocycles. The standard InChI is InChI=1S/C12H13NO4/c1-7-5-8-9(6-14)11(17-2)4-3-10(8)13(7)12(15)16/h3-5,14H,6H2,1-2H3,(H,15,16). The first kappa shape index (κ1) is 11.5. The quantitative estimate of drug-likeness (QED) is 0.834. The fourth-order valence-corrected chi connectivity index (χ4v) is 2.06. The monoisotopic (exact) mass is 235 g/mol. The third kappa shape index (κ3) is 1.64. The number of aliphatic hydroxyl groups excluding tert-OH is 1. The van der Waals surface area contributed by atoms with Gasteiger partial charge in [-0.3, -0.25) is 4.57 Å². The average molecular weight is 235 g/mol. The maximum absolute atomic E-state index is 11.1. The molecule has 2 rings (SSSR count). The molecule has 0 radical (unpaired) electrons. The summed E-state index contributed by atoms with van der Waals surface area (Å²) in [5, 5.41) is 19.2. The number of carboxylic acid groups (broad SMARTS) is 1. The minimum atomic E-state index is -1.04. The predicted molar refractivity (Wildman–Crippen MR) is 62.6 cm³/mol. The van der Waals surface area contributed by atoms with Crippen LogP contribution >= 0.6 is 0 Å². The molecule has 5 heteroatoms. The molecule has 0 aliphatic heterocycles. The second-order valence-electron chi connectivity index (χ2n) is 3.74. The van der Waals surface area contributed by atoms with Crippen molar-refractivity contribution in [3.8, 4) is 5.75 Å². The van der Waals surface area contributed by atoms with Crippen LogP contribution in [0, 0.1) is 6.92 Å². The summed E-state index contributed by atoms with van der Waals surface area (Å²) in [7, 11) is 1.52. The minimum Gasteiger partial charge on any atom is -0.496 e. The van der Waals surface area contributed by atoms with E-state index in [1.165, 1.54) is 11.7 Å². The zero-order chi connectivity index (χ0) is 12.6.